The molecule has 29 heavy (non-hydrogen) atoms. The summed E-state index contributed by atoms with van der Waals surface area (Å²) in [6.45, 7) is 4.38. The molecular formula is C22H25N3O3S. The fourth-order valence-electron chi connectivity index (χ4n) is 3.30. The maximum absolute atomic E-state index is 12.8. The van der Waals surface area contributed by atoms with E-state index in [-0.39, 0.29) is 11.7 Å². The van der Waals surface area contributed by atoms with Crippen LogP contribution in [0, 0.1) is 13.8 Å². The van der Waals surface area contributed by atoms with Gasteiger partial charge in [0, 0.05) is 36.7 Å². The fraction of sp³-hybridized carbons (Fsp3) is 0.273. The van der Waals surface area contributed by atoms with E-state index in [1.54, 1.807) is 36.2 Å². The largest absolute Gasteiger partial charge is 0.337 e. The van der Waals surface area contributed by atoms with Gasteiger partial charge in [-0.15, -0.1) is 0 Å². The van der Waals surface area contributed by atoms with E-state index in [0.717, 1.165) is 22.6 Å². The second kappa shape index (κ2) is 8.21. The normalized spacial score (nSPS) is 11.4. The Bertz CT molecular complexity index is 1120. The molecule has 0 aliphatic heterocycles. The number of carbonyl (C=O) groups is 1. The Balaban J connectivity index is 1.77. The van der Waals surface area contributed by atoms with Crippen LogP contribution < -0.4 is 0 Å². The van der Waals surface area contributed by atoms with Gasteiger partial charge in [-0.1, -0.05) is 30.3 Å². The standard InChI is InChI=1S/C22H25N3O3S/c1-16-21(17(2)25(23-16)20-8-6-5-7-9-20)14-24(3)22(26)19-12-10-18(11-13-19)15-29(4,27)28/h5-13H,14-15H2,1-4H3. The molecule has 0 saturated carbocycles. The van der Waals surface area contributed by atoms with E-state index in [1.807, 2.05) is 48.9 Å². The van der Waals surface area contributed by atoms with E-state index in [1.165, 1.54) is 6.26 Å². The highest BCUT2D eigenvalue weighted by atomic mass is 32.2. The van der Waals surface area contributed by atoms with Gasteiger partial charge >= 0.3 is 0 Å². The Labute approximate surface area is 171 Å². The van der Waals surface area contributed by atoms with E-state index < -0.39 is 9.84 Å². The number of amides is 1. The van der Waals surface area contributed by atoms with Crippen molar-refractivity contribution in [2.45, 2.75) is 26.1 Å². The number of hydrogen-bond donors (Lipinski definition) is 0. The molecular weight excluding hydrogens is 386 g/mol. The molecule has 0 aliphatic carbocycles. The Hall–Kier alpha value is -2.93. The molecule has 1 amide bonds. The van der Waals surface area contributed by atoms with Crippen molar-refractivity contribution in [2.75, 3.05) is 13.3 Å². The van der Waals surface area contributed by atoms with Crippen molar-refractivity contribution in [1.82, 2.24) is 14.7 Å². The SMILES string of the molecule is Cc1nn(-c2ccccc2)c(C)c1CN(C)C(=O)c1ccc(CS(C)(=O)=O)cc1. The minimum absolute atomic E-state index is 0.0334. The number of sulfone groups is 1. The summed E-state index contributed by atoms with van der Waals surface area (Å²) < 4.78 is 24.7. The molecule has 7 heteroatoms. The molecule has 1 aromatic heterocycles. The van der Waals surface area contributed by atoms with Gasteiger partial charge in [0.1, 0.15) is 0 Å². The van der Waals surface area contributed by atoms with Crippen molar-refractivity contribution in [1.29, 1.82) is 0 Å². The first-order valence-electron chi connectivity index (χ1n) is 9.28. The zero-order chi connectivity index (χ0) is 21.2. The van der Waals surface area contributed by atoms with Crippen molar-refractivity contribution >= 4 is 15.7 Å². The van der Waals surface area contributed by atoms with Crippen LogP contribution in [0.2, 0.25) is 0 Å². The van der Waals surface area contributed by atoms with Gasteiger partial charge in [-0.25, -0.2) is 13.1 Å². The maximum Gasteiger partial charge on any atom is 0.253 e. The molecule has 1 heterocycles. The van der Waals surface area contributed by atoms with Crippen molar-refractivity contribution in [3.05, 3.63) is 82.7 Å². The molecule has 0 spiro atoms. The predicted octanol–water partition coefficient (Wildman–Crippen LogP) is 3.31. The van der Waals surface area contributed by atoms with Crippen molar-refractivity contribution in [2.24, 2.45) is 0 Å². The van der Waals surface area contributed by atoms with Crippen molar-refractivity contribution in [3.63, 3.8) is 0 Å². The van der Waals surface area contributed by atoms with Gasteiger partial charge < -0.3 is 4.90 Å². The smallest absolute Gasteiger partial charge is 0.253 e. The van der Waals surface area contributed by atoms with Crippen LogP contribution in [0.3, 0.4) is 0 Å². The Morgan fingerprint density at radius 1 is 1.03 bits per heavy atom. The average Bonchev–Trinajstić information content (AvgIpc) is 2.95. The topological polar surface area (TPSA) is 72.3 Å². The number of carbonyl (C=O) groups excluding carboxylic acids is 1. The highest BCUT2D eigenvalue weighted by Gasteiger charge is 2.18. The summed E-state index contributed by atoms with van der Waals surface area (Å²) in [4.78, 5) is 14.5. The first-order chi connectivity index (χ1) is 13.7. The molecule has 2 aromatic carbocycles. The lowest BCUT2D eigenvalue weighted by Gasteiger charge is -2.18. The monoisotopic (exact) mass is 411 g/mol. The van der Waals surface area contributed by atoms with Crippen LogP contribution in [0.1, 0.15) is 32.9 Å². The van der Waals surface area contributed by atoms with Gasteiger partial charge in [0.05, 0.1) is 17.1 Å². The first kappa shape index (κ1) is 20.8. The molecule has 0 radical (unpaired) electrons. The molecule has 3 aromatic rings. The minimum atomic E-state index is -3.10. The number of rotatable bonds is 6. The lowest BCUT2D eigenvalue weighted by molar-refractivity contribution is 0.0784. The van der Waals surface area contributed by atoms with Crippen LogP contribution in [-0.4, -0.2) is 42.3 Å². The average molecular weight is 412 g/mol. The molecule has 0 saturated heterocycles. The number of aromatic nitrogens is 2. The summed E-state index contributed by atoms with van der Waals surface area (Å²) in [5.74, 6) is -0.156. The summed E-state index contributed by atoms with van der Waals surface area (Å²) in [6, 6.07) is 16.6. The number of nitrogens with zero attached hydrogens (tertiary/aromatic N) is 3. The van der Waals surface area contributed by atoms with Crippen LogP contribution in [0.15, 0.2) is 54.6 Å². The highest BCUT2D eigenvalue weighted by molar-refractivity contribution is 7.89. The Morgan fingerprint density at radius 3 is 2.24 bits per heavy atom. The third kappa shape index (κ3) is 4.92. The van der Waals surface area contributed by atoms with Crippen LogP contribution in [-0.2, 0) is 22.1 Å². The molecule has 6 nitrogen and oxygen atoms in total. The zero-order valence-corrected chi connectivity index (χ0v) is 17.9. The first-order valence-corrected chi connectivity index (χ1v) is 11.3. The van der Waals surface area contributed by atoms with E-state index >= 15 is 0 Å². The summed E-state index contributed by atoms with van der Waals surface area (Å²) in [7, 11) is -1.35. The van der Waals surface area contributed by atoms with Gasteiger partial charge in [-0.2, -0.15) is 5.10 Å². The number of hydrogen-bond acceptors (Lipinski definition) is 4. The van der Waals surface area contributed by atoms with Crippen molar-refractivity contribution < 1.29 is 13.2 Å². The third-order valence-electron chi connectivity index (χ3n) is 4.81. The second-order valence-corrected chi connectivity index (χ2v) is 9.47. The number of aryl methyl sites for hydroxylation is 1. The lowest BCUT2D eigenvalue weighted by Crippen LogP contribution is -2.26. The molecule has 0 fully saturated rings. The van der Waals surface area contributed by atoms with E-state index in [2.05, 4.69) is 5.10 Å². The summed E-state index contributed by atoms with van der Waals surface area (Å²) in [6.07, 6.45) is 1.19. The maximum atomic E-state index is 12.8. The summed E-state index contributed by atoms with van der Waals surface area (Å²) in [5, 5.41) is 4.63. The zero-order valence-electron chi connectivity index (χ0n) is 17.1. The molecule has 152 valence electrons. The lowest BCUT2D eigenvalue weighted by atomic mass is 10.1. The molecule has 0 unspecified atom stereocenters. The van der Waals surface area contributed by atoms with Gasteiger partial charge in [0.2, 0.25) is 0 Å². The molecule has 0 atom stereocenters. The molecule has 0 N–H and O–H groups in total. The quantitative estimate of drug-likeness (QED) is 0.624. The minimum Gasteiger partial charge on any atom is -0.337 e. The summed E-state index contributed by atoms with van der Waals surface area (Å²) in [5.41, 5.74) is 5.07. The third-order valence-corrected chi connectivity index (χ3v) is 5.67. The van der Waals surface area contributed by atoms with E-state index in [0.29, 0.717) is 17.7 Å². The van der Waals surface area contributed by atoms with Crippen LogP contribution in [0.25, 0.3) is 5.69 Å². The predicted molar refractivity (Wildman–Crippen MR) is 114 cm³/mol. The Morgan fingerprint density at radius 2 is 1.66 bits per heavy atom. The van der Waals surface area contributed by atoms with E-state index in [4.69, 9.17) is 0 Å². The van der Waals surface area contributed by atoms with Crippen LogP contribution >= 0.6 is 0 Å². The summed E-state index contributed by atoms with van der Waals surface area (Å²) >= 11 is 0. The van der Waals surface area contributed by atoms with Gasteiger partial charge in [0.15, 0.2) is 9.84 Å². The number of para-hydroxylation sites is 1. The number of benzene rings is 2. The highest BCUT2D eigenvalue weighted by Crippen LogP contribution is 2.20. The van der Waals surface area contributed by atoms with Crippen LogP contribution in [0.4, 0.5) is 0 Å². The van der Waals surface area contributed by atoms with Crippen molar-refractivity contribution in [3.8, 4) is 5.69 Å². The van der Waals surface area contributed by atoms with Gasteiger partial charge in [-0.3, -0.25) is 4.79 Å². The molecule has 0 bridgehead atoms. The fourth-order valence-corrected chi connectivity index (χ4v) is 4.10. The van der Waals surface area contributed by atoms with Gasteiger partial charge in [-0.05, 0) is 43.7 Å². The second-order valence-electron chi connectivity index (χ2n) is 7.32. The van der Waals surface area contributed by atoms with Crippen LogP contribution in [0.5, 0.6) is 0 Å². The Kier molecular flexibility index (Phi) is 5.88. The van der Waals surface area contributed by atoms with E-state index in [9.17, 15) is 13.2 Å². The van der Waals surface area contributed by atoms with Gasteiger partial charge in [0.25, 0.3) is 5.91 Å². The molecule has 3 rings (SSSR count). The molecule has 0 aliphatic rings.